The molecule has 1 spiro atoms. The molecule has 3 rings (SSSR count). The van der Waals surface area contributed by atoms with Gasteiger partial charge in [-0.3, -0.25) is 4.90 Å². The molecule has 0 bridgehead atoms. The summed E-state index contributed by atoms with van der Waals surface area (Å²) in [7, 11) is 0. The van der Waals surface area contributed by atoms with Gasteiger partial charge in [0, 0.05) is 45.7 Å². The Morgan fingerprint density at radius 1 is 1.11 bits per heavy atom. The third kappa shape index (κ3) is 3.05. The highest BCUT2D eigenvalue weighted by Gasteiger charge is 2.38. The Bertz CT molecular complexity index is 255. The van der Waals surface area contributed by atoms with E-state index in [1.807, 2.05) is 0 Å². The third-order valence-electron chi connectivity index (χ3n) is 4.71. The molecule has 0 saturated carbocycles. The minimum Gasteiger partial charge on any atom is -0.381 e. The van der Waals surface area contributed by atoms with Crippen LogP contribution in [0.1, 0.15) is 25.7 Å². The first kappa shape index (κ1) is 12.9. The van der Waals surface area contributed by atoms with Crippen LogP contribution in [-0.2, 0) is 9.47 Å². The lowest BCUT2D eigenvalue weighted by atomic mass is 9.90. The number of hydrogen-bond donors (Lipinski definition) is 1. The summed E-state index contributed by atoms with van der Waals surface area (Å²) < 4.78 is 11.6. The third-order valence-corrected chi connectivity index (χ3v) is 4.71. The van der Waals surface area contributed by atoms with Crippen molar-refractivity contribution in [2.45, 2.75) is 31.3 Å². The first-order valence-corrected chi connectivity index (χ1v) is 7.51. The van der Waals surface area contributed by atoms with E-state index in [0.29, 0.717) is 0 Å². The van der Waals surface area contributed by atoms with Crippen molar-refractivity contribution in [1.29, 1.82) is 0 Å². The number of nitrogens with zero attached hydrogens (tertiary/aromatic N) is 1. The predicted octanol–water partition coefficient (Wildman–Crippen LogP) is 0.867. The zero-order chi connectivity index (χ0) is 12.3. The first-order valence-electron chi connectivity index (χ1n) is 7.51. The minimum absolute atomic E-state index is 0.115. The zero-order valence-electron chi connectivity index (χ0n) is 11.3. The smallest absolute Gasteiger partial charge is 0.0853 e. The Balaban J connectivity index is 1.52. The molecule has 3 fully saturated rings. The fraction of sp³-hybridized carbons (Fsp3) is 1.00. The molecule has 4 nitrogen and oxygen atoms in total. The summed E-state index contributed by atoms with van der Waals surface area (Å²) in [6.07, 6.45) is 4.84. The van der Waals surface area contributed by atoms with Crippen molar-refractivity contribution in [1.82, 2.24) is 10.2 Å². The molecule has 4 heteroatoms. The van der Waals surface area contributed by atoms with Gasteiger partial charge in [0.05, 0.1) is 12.2 Å². The van der Waals surface area contributed by atoms with Gasteiger partial charge in [0.2, 0.25) is 0 Å². The molecule has 3 aliphatic heterocycles. The van der Waals surface area contributed by atoms with E-state index in [1.165, 1.54) is 32.5 Å². The van der Waals surface area contributed by atoms with E-state index in [4.69, 9.17) is 9.47 Å². The second-order valence-corrected chi connectivity index (χ2v) is 6.07. The van der Waals surface area contributed by atoms with Crippen LogP contribution in [0.25, 0.3) is 0 Å². The van der Waals surface area contributed by atoms with Gasteiger partial charge < -0.3 is 14.8 Å². The van der Waals surface area contributed by atoms with Gasteiger partial charge in [-0.2, -0.15) is 0 Å². The second kappa shape index (κ2) is 5.87. The van der Waals surface area contributed by atoms with Crippen LogP contribution in [-0.4, -0.2) is 63.0 Å². The maximum absolute atomic E-state index is 6.09. The van der Waals surface area contributed by atoms with Crippen LogP contribution in [0.3, 0.4) is 0 Å². The Labute approximate surface area is 110 Å². The number of hydrogen-bond acceptors (Lipinski definition) is 4. The summed E-state index contributed by atoms with van der Waals surface area (Å²) in [5, 5.41) is 3.45. The van der Waals surface area contributed by atoms with Crippen LogP contribution < -0.4 is 5.32 Å². The van der Waals surface area contributed by atoms with E-state index in [0.717, 1.165) is 51.7 Å². The first-order chi connectivity index (χ1) is 8.86. The van der Waals surface area contributed by atoms with Crippen LogP contribution in [0.5, 0.6) is 0 Å². The molecule has 0 aliphatic carbocycles. The maximum atomic E-state index is 6.09. The lowest BCUT2D eigenvalue weighted by Crippen LogP contribution is -2.55. The van der Waals surface area contributed by atoms with Gasteiger partial charge in [-0.15, -0.1) is 0 Å². The molecule has 0 unspecified atom stereocenters. The average molecular weight is 254 g/mol. The van der Waals surface area contributed by atoms with Crippen LogP contribution in [0.2, 0.25) is 0 Å². The van der Waals surface area contributed by atoms with E-state index in [9.17, 15) is 0 Å². The normalized spacial score (nSPS) is 30.7. The minimum atomic E-state index is 0.115. The largest absolute Gasteiger partial charge is 0.381 e. The summed E-state index contributed by atoms with van der Waals surface area (Å²) in [5.74, 6) is 0.890. The predicted molar refractivity (Wildman–Crippen MR) is 70.8 cm³/mol. The Kier molecular flexibility index (Phi) is 4.19. The molecule has 0 aromatic rings. The Morgan fingerprint density at radius 3 is 2.67 bits per heavy atom. The highest BCUT2D eigenvalue weighted by Crippen LogP contribution is 2.29. The van der Waals surface area contributed by atoms with Gasteiger partial charge in [-0.05, 0) is 31.8 Å². The molecule has 1 N–H and O–H groups in total. The quantitative estimate of drug-likeness (QED) is 0.793. The van der Waals surface area contributed by atoms with Crippen LogP contribution in [0, 0.1) is 5.92 Å². The number of ether oxygens (including phenoxy) is 2. The van der Waals surface area contributed by atoms with Gasteiger partial charge in [0.15, 0.2) is 0 Å². The van der Waals surface area contributed by atoms with Crippen molar-refractivity contribution >= 4 is 0 Å². The molecule has 3 heterocycles. The summed E-state index contributed by atoms with van der Waals surface area (Å²) in [6, 6.07) is 0. The molecule has 0 aromatic carbocycles. The van der Waals surface area contributed by atoms with Crippen molar-refractivity contribution in [2.24, 2.45) is 5.92 Å². The lowest BCUT2D eigenvalue weighted by Gasteiger charge is -2.45. The molecule has 3 saturated heterocycles. The average Bonchev–Trinajstić information content (AvgIpc) is 2.41. The highest BCUT2D eigenvalue weighted by atomic mass is 16.5. The standard InChI is InChI=1S/C14H26N2O2/c1-5-15-6-2-13(1)11-16-7-10-18-14(12-16)3-8-17-9-4-14/h13,15H,1-12H2. The van der Waals surface area contributed by atoms with E-state index in [2.05, 4.69) is 10.2 Å². The number of rotatable bonds is 2. The zero-order valence-corrected chi connectivity index (χ0v) is 11.3. The van der Waals surface area contributed by atoms with E-state index < -0.39 is 0 Å². The highest BCUT2D eigenvalue weighted by molar-refractivity contribution is 4.90. The van der Waals surface area contributed by atoms with Crippen LogP contribution in [0.15, 0.2) is 0 Å². The van der Waals surface area contributed by atoms with Gasteiger partial charge in [0.1, 0.15) is 0 Å². The molecule has 3 aliphatic rings. The molecule has 0 radical (unpaired) electrons. The fourth-order valence-corrected chi connectivity index (χ4v) is 3.55. The van der Waals surface area contributed by atoms with E-state index >= 15 is 0 Å². The monoisotopic (exact) mass is 254 g/mol. The SMILES string of the molecule is C1CC(CN2CCOC3(CCOCC3)C2)CCN1. The number of morpholine rings is 1. The van der Waals surface area contributed by atoms with Gasteiger partial charge in [-0.25, -0.2) is 0 Å². The van der Waals surface area contributed by atoms with Gasteiger partial charge in [0.25, 0.3) is 0 Å². The fourth-order valence-electron chi connectivity index (χ4n) is 3.55. The van der Waals surface area contributed by atoms with E-state index in [1.54, 1.807) is 0 Å². The summed E-state index contributed by atoms with van der Waals surface area (Å²) in [4.78, 5) is 2.64. The Morgan fingerprint density at radius 2 is 1.89 bits per heavy atom. The lowest BCUT2D eigenvalue weighted by molar-refractivity contribution is -0.155. The molecular weight excluding hydrogens is 228 g/mol. The topological polar surface area (TPSA) is 33.7 Å². The molecule has 104 valence electrons. The summed E-state index contributed by atoms with van der Waals surface area (Å²) in [6.45, 7) is 8.58. The maximum Gasteiger partial charge on any atom is 0.0853 e. The van der Waals surface area contributed by atoms with Crippen molar-refractivity contribution in [3.63, 3.8) is 0 Å². The van der Waals surface area contributed by atoms with Crippen molar-refractivity contribution in [2.75, 3.05) is 52.5 Å². The summed E-state index contributed by atoms with van der Waals surface area (Å²) >= 11 is 0. The van der Waals surface area contributed by atoms with Crippen molar-refractivity contribution in [3.05, 3.63) is 0 Å². The second-order valence-electron chi connectivity index (χ2n) is 6.07. The number of piperidine rings is 1. The Hall–Kier alpha value is -0.160. The van der Waals surface area contributed by atoms with Crippen LogP contribution in [0.4, 0.5) is 0 Å². The van der Waals surface area contributed by atoms with E-state index in [-0.39, 0.29) is 5.60 Å². The van der Waals surface area contributed by atoms with Crippen molar-refractivity contribution in [3.8, 4) is 0 Å². The van der Waals surface area contributed by atoms with Crippen molar-refractivity contribution < 1.29 is 9.47 Å². The molecule has 0 amide bonds. The molecule has 0 aromatic heterocycles. The molecule has 0 atom stereocenters. The summed E-state index contributed by atoms with van der Waals surface area (Å²) in [5.41, 5.74) is 0.115. The van der Waals surface area contributed by atoms with Gasteiger partial charge >= 0.3 is 0 Å². The molecule has 18 heavy (non-hydrogen) atoms. The molecular formula is C14H26N2O2. The van der Waals surface area contributed by atoms with Crippen LogP contribution >= 0.6 is 0 Å². The van der Waals surface area contributed by atoms with Gasteiger partial charge in [-0.1, -0.05) is 0 Å². The number of nitrogens with one attached hydrogen (secondary N) is 1.